The molecule has 0 unspecified atom stereocenters. The molecule has 0 aliphatic carbocycles. The van der Waals surface area contributed by atoms with Gasteiger partial charge in [0.15, 0.2) is 0 Å². The Morgan fingerprint density at radius 3 is 2.15 bits per heavy atom. The number of methoxy groups -OCH3 is 2. The zero-order valence-corrected chi connectivity index (χ0v) is 15.8. The molecule has 0 N–H and O–H groups in total. The summed E-state index contributed by atoms with van der Waals surface area (Å²) in [6.45, 7) is 1.29. The van der Waals surface area contributed by atoms with E-state index in [0.29, 0.717) is 17.4 Å². The SMILES string of the molecule is COc1ccc(CN(C)Cn2nc(-c3ccc(OC)cc3)oc2=S)cc1. The molecule has 1 heterocycles. The van der Waals surface area contributed by atoms with E-state index >= 15 is 0 Å². The molecule has 0 spiro atoms. The van der Waals surface area contributed by atoms with Crippen LogP contribution < -0.4 is 9.47 Å². The molecule has 3 rings (SSSR count). The van der Waals surface area contributed by atoms with Crippen molar-refractivity contribution >= 4 is 12.2 Å². The van der Waals surface area contributed by atoms with Crippen LogP contribution in [0.1, 0.15) is 5.56 Å². The van der Waals surface area contributed by atoms with E-state index in [1.54, 1.807) is 18.9 Å². The van der Waals surface area contributed by atoms with Crippen LogP contribution in [-0.2, 0) is 13.2 Å². The van der Waals surface area contributed by atoms with Gasteiger partial charge in [-0.2, -0.15) is 0 Å². The van der Waals surface area contributed by atoms with Crippen LogP contribution in [0.15, 0.2) is 52.9 Å². The van der Waals surface area contributed by atoms with Crippen LogP contribution in [0.2, 0.25) is 0 Å². The van der Waals surface area contributed by atoms with E-state index < -0.39 is 0 Å². The number of ether oxygens (including phenoxy) is 2. The fraction of sp³-hybridized carbons (Fsp3) is 0.263. The highest BCUT2D eigenvalue weighted by atomic mass is 32.1. The number of benzene rings is 2. The van der Waals surface area contributed by atoms with Crippen LogP contribution in [0.3, 0.4) is 0 Å². The van der Waals surface area contributed by atoms with Crippen molar-refractivity contribution in [2.75, 3.05) is 21.3 Å². The maximum Gasteiger partial charge on any atom is 0.288 e. The van der Waals surface area contributed by atoms with Crippen molar-refractivity contribution in [2.45, 2.75) is 13.2 Å². The Kier molecular flexibility index (Phi) is 5.70. The van der Waals surface area contributed by atoms with Gasteiger partial charge in [-0.1, -0.05) is 12.1 Å². The van der Waals surface area contributed by atoms with E-state index in [2.05, 4.69) is 10.00 Å². The Bertz CT molecular complexity index is 901. The molecular weight excluding hydrogens is 350 g/mol. The van der Waals surface area contributed by atoms with Gasteiger partial charge in [0.1, 0.15) is 11.5 Å². The normalized spacial score (nSPS) is 10.9. The minimum atomic E-state index is 0.345. The first-order chi connectivity index (χ1) is 12.6. The first-order valence-electron chi connectivity index (χ1n) is 8.13. The highest BCUT2D eigenvalue weighted by molar-refractivity contribution is 7.71. The van der Waals surface area contributed by atoms with Gasteiger partial charge in [-0.05, 0) is 61.2 Å². The number of nitrogens with zero attached hydrogens (tertiary/aromatic N) is 3. The molecule has 0 amide bonds. The van der Waals surface area contributed by atoms with E-state index in [4.69, 9.17) is 26.1 Å². The van der Waals surface area contributed by atoms with Crippen molar-refractivity contribution in [1.29, 1.82) is 0 Å². The number of rotatable bonds is 7. The van der Waals surface area contributed by atoms with Gasteiger partial charge in [-0.15, -0.1) is 5.10 Å². The lowest BCUT2D eigenvalue weighted by molar-refractivity contribution is 0.240. The van der Waals surface area contributed by atoms with E-state index in [-0.39, 0.29) is 0 Å². The van der Waals surface area contributed by atoms with Crippen molar-refractivity contribution < 1.29 is 13.9 Å². The number of aromatic nitrogens is 2. The first kappa shape index (κ1) is 18.2. The summed E-state index contributed by atoms with van der Waals surface area (Å²) in [5.41, 5.74) is 2.03. The lowest BCUT2D eigenvalue weighted by atomic mass is 10.2. The van der Waals surface area contributed by atoms with Crippen LogP contribution in [0.4, 0.5) is 0 Å². The monoisotopic (exact) mass is 371 g/mol. The van der Waals surface area contributed by atoms with E-state index in [0.717, 1.165) is 23.6 Å². The van der Waals surface area contributed by atoms with Crippen molar-refractivity contribution in [2.24, 2.45) is 0 Å². The zero-order chi connectivity index (χ0) is 18.5. The summed E-state index contributed by atoms with van der Waals surface area (Å²) in [6.07, 6.45) is 0. The topological polar surface area (TPSA) is 52.7 Å². The van der Waals surface area contributed by atoms with Crippen molar-refractivity contribution in [3.63, 3.8) is 0 Å². The molecule has 2 aromatic carbocycles. The van der Waals surface area contributed by atoms with Gasteiger partial charge in [0.05, 0.1) is 20.9 Å². The second kappa shape index (κ2) is 8.16. The predicted molar refractivity (Wildman–Crippen MR) is 102 cm³/mol. The van der Waals surface area contributed by atoms with Crippen molar-refractivity contribution in [3.05, 3.63) is 58.9 Å². The van der Waals surface area contributed by atoms with Gasteiger partial charge in [0, 0.05) is 12.1 Å². The summed E-state index contributed by atoms with van der Waals surface area (Å²) in [7, 11) is 5.30. The molecule has 3 aromatic rings. The molecule has 0 radical (unpaired) electrons. The molecule has 0 saturated heterocycles. The molecular formula is C19H21N3O3S. The van der Waals surface area contributed by atoms with E-state index in [1.165, 1.54) is 5.56 Å². The van der Waals surface area contributed by atoms with Gasteiger partial charge in [-0.25, -0.2) is 4.68 Å². The van der Waals surface area contributed by atoms with Gasteiger partial charge >= 0.3 is 0 Å². The molecule has 136 valence electrons. The standard InChI is InChI=1S/C19H21N3O3S/c1-21(12-14-4-8-16(23-2)9-5-14)13-22-19(26)25-18(20-22)15-6-10-17(24-3)11-7-15/h4-11H,12-13H2,1-3H3. The van der Waals surface area contributed by atoms with Gasteiger partial charge in [0.2, 0.25) is 5.89 Å². The lowest BCUT2D eigenvalue weighted by Crippen LogP contribution is -2.22. The molecule has 0 saturated carbocycles. The fourth-order valence-corrected chi connectivity index (χ4v) is 2.74. The summed E-state index contributed by atoms with van der Waals surface area (Å²) in [5, 5.41) is 4.49. The fourth-order valence-electron chi connectivity index (χ4n) is 2.57. The summed E-state index contributed by atoms with van der Waals surface area (Å²) >= 11 is 5.30. The summed E-state index contributed by atoms with van der Waals surface area (Å²) in [6, 6.07) is 15.5. The molecule has 0 bridgehead atoms. The lowest BCUT2D eigenvalue weighted by Gasteiger charge is -2.16. The highest BCUT2D eigenvalue weighted by Crippen LogP contribution is 2.21. The largest absolute Gasteiger partial charge is 0.497 e. The Hall–Kier alpha value is -2.64. The average molecular weight is 371 g/mol. The van der Waals surface area contributed by atoms with Crippen molar-refractivity contribution in [3.8, 4) is 23.0 Å². The maximum atomic E-state index is 5.64. The summed E-state index contributed by atoms with van der Waals surface area (Å²) < 4.78 is 17.7. The zero-order valence-electron chi connectivity index (χ0n) is 15.0. The molecule has 6 nitrogen and oxygen atoms in total. The molecule has 1 aromatic heterocycles. The molecule has 7 heteroatoms. The Labute approximate surface area is 157 Å². The first-order valence-corrected chi connectivity index (χ1v) is 8.53. The average Bonchev–Trinajstić information content (AvgIpc) is 3.02. The maximum absolute atomic E-state index is 5.64. The third-order valence-corrected chi connectivity index (χ3v) is 4.22. The Morgan fingerprint density at radius 2 is 1.58 bits per heavy atom. The van der Waals surface area contributed by atoms with Crippen LogP contribution in [0, 0.1) is 4.84 Å². The van der Waals surface area contributed by atoms with Gasteiger partial charge in [-0.3, -0.25) is 4.90 Å². The highest BCUT2D eigenvalue weighted by Gasteiger charge is 2.10. The van der Waals surface area contributed by atoms with Crippen LogP contribution in [-0.4, -0.2) is 35.9 Å². The molecule has 26 heavy (non-hydrogen) atoms. The molecule has 0 aliphatic rings. The Balaban J connectivity index is 1.69. The third-order valence-electron chi connectivity index (χ3n) is 3.93. The molecule has 0 fully saturated rings. The van der Waals surface area contributed by atoms with Crippen LogP contribution in [0.25, 0.3) is 11.5 Å². The second-order valence-electron chi connectivity index (χ2n) is 5.90. The van der Waals surface area contributed by atoms with Gasteiger partial charge in [0.25, 0.3) is 4.84 Å². The predicted octanol–water partition coefficient (Wildman–Crippen LogP) is 3.98. The molecule has 0 aliphatic heterocycles. The van der Waals surface area contributed by atoms with E-state index in [9.17, 15) is 0 Å². The third kappa shape index (κ3) is 4.30. The quantitative estimate of drug-likeness (QED) is 0.586. The van der Waals surface area contributed by atoms with Crippen LogP contribution in [0.5, 0.6) is 11.5 Å². The second-order valence-corrected chi connectivity index (χ2v) is 6.25. The number of hydrogen-bond acceptors (Lipinski definition) is 6. The smallest absolute Gasteiger partial charge is 0.288 e. The van der Waals surface area contributed by atoms with Crippen molar-refractivity contribution in [1.82, 2.24) is 14.7 Å². The molecule has 0 atom stereocenters. The van der Waals surface area contributed by atoms with Gasteiger partial charge < -0.3 is 13.9 Å². The Morgan fingerprint density at radius 1 is 1.00 bits per heavy atom. The van der Waals surface area contributed by atoms with Crippen LogP contribution >= 0.6 is 12.2 Å². The summed E-state index contributed by atoms with van der Waals surface area (Å²) in [5.74, 6) is 2.13. The number of hydrogen-bond donors (Lipinski definition) is 0. The minimum Gasteiger partial charge on any atom is -0.497 e. The minimum absolute atomic E-state index is 0.345. The van der Waals surface area contributed by atoms with E-state index in [1.807, 2.05) is 55.6 Å². The summed E-state index contributed by atoms with van der Waals surface area (Å²) in [4.78, 5) is 2.45.